The Hall–Kier alpha value is -1.76. The Morgan fingerprint density at radius 3 is 2.32 bits per heavy atom. The summed E-state index contributed by atoms with van der Waals surface area (Å²) in [6, 6.07) is 13.2. The highest BCUT2D eigenvalue weighted by atomic mass is 32.2. The predicted octanol–water partition coefficient (Wildman–Crippen LogP) is 2.89. The fourth-order valence-corrected chi connectivity index (χ4v) is 4.21. The van der Waals surface area contributed by atoms with E-state index in [1.54, 1.807) is 12.1 Å². The number of benzene rings is 1. The molecule has 132 valence electrons. The van der Waals surface area contributed by atoms with Crippen molar-refractivity contribution in [2.75, 3.05) is 13.2 Å². The minimum atomic E-state index is -3.63. The number of rotatable bonds is 4. The van der Waals surface area contributed by atoms with Gasteiger partial charge in [0.2, 0.25) is 10.0 Å². The summed E-state index contributed by atoms with van der Waals surface area (Å²) >= 11 is 0. The van der Waals surface area contributed by atoms with Crippen molar-refractivity contribution in [2.24, 2.45) is 5.14 Å². The molecule has 0 amide bonds. The first kappa shape index (κ1) is 16.7. The van der Waals surface area contributed by atoms with E-state index in [9.17, 15) is 8.42 Å². The summed E-state index contributed by atoms with van der Waals surface area (Å²) < 4.78 is 28.2. The molecule has 2 N–H and O–H groups in total. The first-order valence-corrected chi connectivity index (χ1v) is 10.2. The molecule has 2 aliphatic rings. The van der Waals surface area contributed by atoms with Gasteiger partial charge in [-0.15, -0.1) is 0 Å². The van der Waals surface area contributed by atoms with E-state index in [1.807, 2.05) is 12.1 Å². The van der Waals surface area contributed by atoms with Crippen molar-refractivity contribution in [3.63, 3.8) is 0 Å². The molecule has 6 heteroatoms. The van der Waals surface area contributed by atoms with Crippen LogP contribution in [0.5, 0.6) is 0 Å². The SMILES string of the molecule is NS(=O)(=O)c1ccc(C2CC2c2cccc(C3CCOCC3)n2)cc1. The van der Waals surface area contributed by atoms with Gasteiger partial charge in [0.1, 0.15) is 0 Å². The molecule has 0 spiro atoms. The number of ether oxygens (including phenoxy) is 1. The molecule has 4 rings (SSSR count). The zero-order valence-corrected chi connectivity index (χ0v) is 14.8. The maximum absolute atomic E-state index is 11.4. The van der Waals surface area contributed by atoms with E-state index in [0.29, 0.717) is 17.8 Å². The molecule has 1 saturated carbocycles. The van der Waals surface area contributed by atoms with Crippen LogP contribution in [0.3, 0.4) is 0 Å². The predicted molar refractivity (Wildman–Crippen MR) is 94.9 cm³/mol. The third-order valence-electron chi connectivity index (χ3n) is 5.24. The summed E-state index contributed by atoms with van der Waals surface area (Å²) in [5.41, 5.74) is 3.47. The number of nitrogens with two attached hydrogens (primary N) is 1. The fourth-order valence-electron chi connectivity index (χ4n) is 3.69. The number of nitrogens with zero attached hydrogens (tertiary/aromatic N) is 1. The molecule has 2 atom stereocenters. The Morgan fingerprint density at radius 2 is 1.64 bits per heavy atom. The molecule has 1 saturated heterocycles. The highest BCUT2D eigenvalue weighted by Gasteiger charge is 2.40. The van der Waals surface area contributed by atoms with Crippen LogP contribution in [0.25, 0.3) is 0 Å². The molecule has 0 bridgehead atoms. The maximum Gasteiger partial charge on any atom is 0.238 e. The van der Waals surface area contributed by atoms with Gasteiger partial charge in [-0.2, -0.15) is 0 Å². The third-order valence-corrected chi connectivity index (χ3v) is 6.17. The Labute approximate surface area is 148 Å². The van der Waals surface area contributed by atoms with Gasteiger partial charge in [-0.25, -0.2) is 13.6 Å². The Bertz CT molecular complexity index is 858. The second kappa shape index (κ2) is 6.52. The average Bonchev–Trinajstić information content (AvgIpc) is 3.43. The van der Waals surface area contributed by atoms with E-state index in [-0.39, 0.29) is 4.90 Å². The van der Waals surface area contributed by atoms with E-state index in [1.165, 1.54) is 5.69 Å². The van der Waals surface area contributed by atoms with Crippen LogP contribution in [0.15, 0.2) is 47.4 Å². The highest BCUT2D eigenvalue weighted by molar-refractivity contribution is 7.89. The van der Waals surface area contributed by atoms with Gasteiger partial charge >= 0.3 is 0 Å². The smallest absolute Gasteiger partial charge is 0.238 e. The van der Waals surface area contributed by atoms with Crippen LogP contribution in [0.1, 0.15) is 54.0 Å². The van der Waals surface area contributed by atoms with E-state index in [4.69, 9.17) is 14.9 Å². The summed E-state index contributed by atoms with van der Waals surface area (Å²) in [5, 5.41) is 5.16. The molecule has 1 aliphatic heterocycles. The van der Waals surface area contributed by atoms with Gasteiger partial charge < -0.3 is 4.74 Å². The van der Waals surface area contributed by atoms with E-state index < -0.39 is 10.0 Å². The fraction of sp³-hybridized carbons (Fsp3) is 0.421. The highest BCUT2D eigenvalue weighted by Crippen LogP contribution is 2.54. The van der Waals surface area contributed by atoms with Crippen LogP contribution in [0.4, 0.5) is 0 Å². The van der Waals surface area contributed by atoms with Crippen LogP contribution in [0, 0.1) is 0 Å². The van der Waals surface area contributed by atoms with Gasteiger partial charge in [0.25, 0.3) is 0 Å². The molecule has 5 nitrogen and oxygen atoms in total. The first-order chi connectivity index (χ1) is 12.0. The Balaban J connectivity index is 1.49. The van der Waals surface area contributed by atoms with Crippen molar-refractivity contribution in [3.05, 3.63) is 59.4 Å². The Morgan fingerprint density at radius 1 is 0.960 bits per heavy atom. The maximum atomic E-state index is 11.4. The second-order valence-electron chi connectivity index (χ2n) is 6.94. The largest absolute Gasteiger partial charge is 0.381 e. The minimum Gasteiger partial charge on any atom is -0.381 e. The molecule has 2 heterocycles. The van der Waals surface area contributed by atoms with Gasteiger partial charge in [0, 0.05) is 36.4 Å². The zero-order valence-electron chi connectivity index (χ0n) is 14.0. The topological polar surface area (TPSA) is 82.3 Å². The summed E-state index contributed by atoms with van der Waals surface area (Å²) in [7, 11) is -3.63. The average molecular weight is 358 g/mol. The van der Waals surface area contributed by atoms with Crippen molar-refractivity contribution in [2.45, 2.75) is 41.9 Å². The molecule has 2 unspecified atom stereocenters. The first-order valence-electron chi connectivity index (χ1n) is 8.70. The molecule has 2 aromatic rings. The van der Waals surface area contributed by atoms with Crippen molar-refractivity contribution in [1.82, 2.24) is 4.98 Å². The lowest BCUT2D eigenvalue weighted by molar-refractivity contribution is 0.0844. The number of pyridine rings is 1. The van der Waals surface area contributed by atoms with Crippen molar-refractivity contribution in [3.8, 4) is 0 Å². The lowest BCUT2D eigenvalue weighted by atomic mass is 9.95. The molecule has 0 radical (unpaired) electrons. The van der Waals surface area contributed by atoms with Gasteiger partial charge in [0.15, 0.2) is 0 Å². The third kappa shape index (κ3) is 3.61. The summed E-state index contributed by atoms with van der Waals surface area (Å²) in [5.74, 6) is 1.33. The number of hydrogen-bond donors (Lipinski definition) is 1. The lowest BCUT2D eigenvalue weighted by Crippen LogP contribution is -2.15. The zero-order chi connectivity index (χ0) is 17.4. The van der Waals surface area contributed by atoms with Crippen LogP contribution in [-0.4, -0.2) is 26.6 Å². The number of sulfonamides is 1. The van der Waals surface area contributed by atoms with Crippen LogP contribution < -0.4 is 5.14 Å². The second-order valence-corrected chi connectivity index (χ2v) is 8.50. The minimum absolute atomic E-state index is 0.160. The van der Waals surface area contributed by atoms with Gasteiger partial charge in [-0.3, -0.25) is 4.98 Å². The molecular weight excluding hydrogens is 336 g/mol. The standard InChI is InChI=1S/C19H22N2O3S/c20-25(22,23)15-6-4-13(5-7-15)16-12-17(16)19-3-1-2-18(21-19)14-8-10-24-11-9-14/h1-7,14,16-17H,8-12H2,(H2,20,22,23). The molecule has 1 aromatic carbocycles. The van der Waals surface area contributed by atoms with Crippen LogP contribution in [0.2, 0.25) is 0 Å². The normalized spacial score (nSPS) is 24.2. The molecule has 1 aliphatic carbocycles. The molecule has 1 aromatic heterocycles. The molecular formula is C19H22N2O3S. The molecule has 25 heavy (non-hydrogen) atoms. The summed E-state index contributed by atoms with van der Waals surface area (Å²) in [6.45, 7) is 1.64. The monoisotopic (exact) mass is 358 g/mol. The molecule has 2 fully saturated rings. The van der Waals surface area contributed by atoms with Crippen LogP contribution in [-0.2, 0) is 14.8 Å². The van der Waals surface area contributed by atoms with E-state index in [2.05, 4.69) is 18.2 Å². The van der Waals surface area contributed by atoms with Crippen molar-refractivity contribution in [1.29, 1.82) is 0 Å². The van der Waals surface area contributed by atoms with Gasteiger partial charge in [0.05, 0.1) is 4.90 Å². The van der Waals surface area contributed by atoms with E-state index in [0.717, 1.165) is 43.7 Å². The van der Waals surface area contributed by atoms with Gasteiger partial charge in [-0.05, 0) is 55.0 Å². The number of aromatic nitrogens is 1. The lowest BCUT2D eigenvalue weighted by Gasteiger charge is -2.21. The summed E-state index contributed by atoms with van der Waals surface area (Å²) in [4.78, 5) is 5.08. The number of primary sulfonamides is 1. The Kier molecular flexibility index (Phi) is 4.35. The van der Waals surface area contributed by atoms with Crippen molar-refractivity contribution < 1.29 is 13.2 Å². The summed E-state index contributed by atoms with van der Waals surface area (Å²) in [6.07, 6.45) is 3.14. The van der Waals surface area contributed by atoms with Gasteiger partial charge in [-0.1, -0.05) is 18.2 Å². The number of hydrogen-bond acceptors (Lipinski definition) is 4. The van der Waals surface area contributed by atoms with E-state index >= 15 is 0 Å². The quantitative estimate of drug-likeness (QED) is 0.911. The van der Waals surface area contributed by atoms with Crippen LogP contribution >= 0.6 is 0 Å². The van der Waals surface area contributed by atoms with Crippen molar-refractivity contribution >= 4 is 10.0 Å².